The van der Waals surface area contributed by atoms with E-state index in [1.807, 2.05) is 54.6 Å². The molecule has 1 aliphatic heterocycles. The first-order valence-corrected chi connectivity index (χ1v) is 10.8. The minimum absolute atomic E-state index is 0.0501. The number of hydrogen-bond donors (Lipinski definition) is 2. The molecule has 7 heteroatoms. The summed E-state index contributed by atoms with van der Waals surface area (Å²) in [5.41, 5.74) is 1.74. The van der Waals surface area contributed by atoms with Gasteiger partial charge in [-0.1, -0.05) is 67.6 Å². The summed E-state index contributed by atoms with van der Waals surface area (Å²) >= 11 is 0. The predicted molar refractivity (Wildman–Crippen MR) is 124 cm³/mol. The zero-order valence-electron chi connectivity index (χ0n) is 18.2. The number of nitrogens with zero attached hydrogens (tertiary/aromatic N) is 1. The molecule has 0 radical (unpaired) electrons. The van der Waals surface area contributed by atoms with Crippen molar-refractivity contribution in [3.63, 3.8) is 0 Å². The van der Waals surface area contributed by atoms with E-state index in [0.717, 1.165) is 16.0 Å². The van der Waals surface area contributed by atoms with Crippen LogP contribution in [0.3, 0.4) is 0 Å². The maximum absolute atomic E-state index is 13.4. The maximum Gasteiger partial charge on any atom is 0.325 e. The van der Waals surface area contributed by atoms with Gasteiger partial charge >= 0.3 is 6.03 Å². The van der Waals surface area contributed by atoms with Crippen molar-refractivity contribution in [1.82, 2.24) is 10.2 Å². The third-order valence-electron chi connectivity index (χ3n) is 5.89. The topological polar surface area (TPSA) is 78.5 Å². The fourth-order valence-electron chi connectivity index (χ4n) is 4.09. The summed E-state index contributed by atoms with van der Waals surface area (Å²) in [7, 11) is 0. The number of amides is 4. The summed E-state index contributed by atoms with van der Waals surface area (Å²) in [6.07, 6.45) is 0.252. The maximum atomic E-state index is 13.4. The molecule has 0 bridgehead atoms. The molecule has 0 spiro atoms. The Balaban J connectivity index is 1.46. The Morgan fingerprint density at radius 3 is 2.33 bits per heavy atom. The van der Waals surface area contributed by atoms with Crippen LogP contribution in [0.25, 0.3) is 11.1 Å². The number of nitrogens with one attached hydrogen (secondary N) is 2. The zero-order valence-corrected chi connectivity index (χ0v) is 18.2. The van der Waals surface area contributed by atoms with Gasteiger partial charge in [-0.2, -0.15) is 0 Å². The van der Waals surface area contributed by atoms with E-state index in [2.05, 4.69) is 10.6 Å². The number of urea groups is 1. The number of benzene rings is 3. The lowest BCUT2D eigenvalue weighted by molar-refractivity contribution is -0.132. The third kappa shape index (κ3) is 4.35. The van der Waals surface area contributed by atoms with Crippen molar-refractivity contribution in [2.24, 2.45) is 0 Å². The number of carbonyl (C=O) groups excluding carboxylic acids is 3. The Labute approximate surface area is 191 Å². The largest absolute Gasteiger partial charge is 0.325 e. The standard InChI is InChI=1S/C26H24FN3O3/c1-2-26(19-12-14-20(27)15-13-19)24(32)30(25(33)29-26)17-16-23(31)28-22-11-7-6-10-21(22)18-8-4-3-5-9-18/h3-15H,2,16-17H2,1H3,(H,28,31)(H,29,33)/t26-/m1/s1. The molecule has 3 aromatic rings. The second-order valence-electron chi connectivity index (χ2n) is 7.86. The molecule has 3 aromatic carbocycles. The van der Waals surface area contributed by atoms with Crippen LogP contribution in [-0.4, -0.2) is 29.3 Å². The van der Waals surface area contributed by atoms with Gasteiger partial charge in [-0.3, -0.25) is 14.5 Å². The Kier molecular flexibility index (Phi) is 6.22. The second-order valence-corrected chi connectivity index (χ2v) is 7.86. The molecule has 1 aliphatic rings. The van der Waals surface area contributed by atoms with Gasteiger partial charge in [0, 0.05) is 24.2 Å². The summed E-state index contributed by atoms with van der Waals surface area (Å²) < 4.78 is 13.4. The van der Waals surface area contributed by atoms with Crippen molar-refractivity contribution in [2.75, 3.05) is 11.9 Å². The van der Waals surface area contributed by atoms with Crippen molar-refractivity contribution >= 4 is 23.5 Å². The molecular formula is C26H24FN3O3. The summed E-state index contributed by atoms with van der Waals surface area (Å²) in [5, 5.41) is 5.62. The number of anilines is 1. The quantitative estimate of drug-likeness (QED) is 0.519. The molecule has 0 saturated carbocycles. The molecule has 1 saturated heterocycles. The van der Waals surface area contributed by atoms with Crippen LogP contribution in [0.5, 0.6) is 0 Å². The SMILES string of the molecule is CC[C@]1(c2ccc(F)cc2)NC(=O)N(CCC(=O)Nc2ccccc2-c2ccccc2)C1=O. The lowest BCUT2D eigenvalue weighted by Crippen LogP contribution is -2.43. The van der Waals surface area contributed by atoms with Crippen LogP contribution in [0.2, 0.25) is 0 Å². The Bertz CT molecular complexity index is 1180. The highest BCUT2D eigenvalue weighted by Gasteiger charge is 2.51. The smallest absolute Gasteiger partial charge is 0.325 e. The monoisotopic (exact) mass is 445 g/mol. The van der Waals surface area contributed by atoms with E-state index >= 15 is 0 Å². The lowest BCUT2D eigenvalue weighted by Gasteiger charge is -2.25. The van der Waals surface area contributed by atoms with Crippen LogP contribution < -0.4 is 10.6 Å². The van der Waals surface area contributed by atoms with Gasteiger partial charge in [0.05, 0.1) is 0 Å². The summed E-state index contributed by atoms with van der Waals surface area (Å²) in [5.74, 6) is -1.18. The van der Waals surface area contributed by atoms with Gasteiger partial charge in [-0.15, -0.1) is 0 Å². The minimum Gasteiger partial charge on any atom is -0.325 e. The van der Waals surface area contributed by atoms with Gasteiger partial charge in [0.15, 0.2) is 0 Å². The highest BCUT2D eigenvalue weighted by Crippen LogP contribution is 2.33. The van der Waals surface area contributed by atoms with Crippen LogP contribution in [-0.2, 0) is 15.1 Å². The zero-order chi connectivity index (χ0) is 23.4. The highest BCUT2D eigenvalue weighted by atomic mass is 19.1. The molecule has 1 heterocycles. The van der Waals surface area contributed by atoms with Crippen molar-refractivity contribution in [2.45, 2.75) is 25.3 Å². The molecular weight excluding hydrogens is 421 g/mol. The minimum atomic E-state index is -1.26. The average Bonchev–Trinajstić information content (AvgIpc) is 3.09. The van der Waals surface area contributed by atoms with Crippen LogP contribution in [0.4, 0.5) is 14.9 Å². The van der Waals surface area contributed by atoms with Gasteiger partial charge in [-0.05, 0) is 35.7 Å². The fourth-order valence-corrected chi connectivity index (χ4v) is 4.09. The van der Waals surface area contributed by atoms with E-state index in [-0.39, 0.29) is 18.9 Å². The number of rotatable bonds is 7. The molecule has 1 atom stereocenters. The second kappa shape index (κ2) is 9.24. The molecule has 0 aliphatic carbocycles. The summed E-state index contributed by atoms with van der Waals surface area (Å²) in [4.78, 5) is 39.5. The van der Waals surface area contributed by atoms with E-state index < -0.39 is 23.3 Å². The summed E-state index contributed by atoms with van der Waals surface area (Å²) in [6.45, 7) is 1.71. The number of carbonyl (C=O) groups is 3. The van der Waals surface area contributed by atoms with E-state index in [0.29, 0.717) is 17.7 Å². The van der Waals surface area contributed by atoms with Gasteiger partial charge in [0.2, 0.25) is 5.91 Å². The van der Waals surface area contributed by atoms with Crippen LogP contribution >= 0.6 is 0 Å². The van der Waals surface area contributed by atoms with Gasteiger partial charge in [0.1, 0.15) is 11.4 Å². The van der Waals surface area contributed by atoms with Crippen molar-refractivity contribution < 1.29 is 18.8 Å². The van der Waals surface area contributed by atoms with Crippen LogP contribution in [0, 0.1) is 5.82 Å². The van der Waals surface area contributed by atoms with Gasteiger partial charge in [-0.25, -0.2) is 9.18 Å². The molecule has 2 N–H and O–H groups in total. The van der Waals surface area contributed by atoms with Crippen LogP contribution in [0.15, 0.2) is 78.9 Å². The van der Waals surface area contributed by atoms with E-state index in [1.165, 1.54) is 24.3 Å². The van der Waals surface area contributed by atoms with E-state index in [4.69, 9.17) is 0 Å². The molecule has 1 fully saturated rings. The molecule has 6 nitrogen and oxygen atoms in total. The molecule has 33 heavy (non-hydrogen) atoms. The molecule has 168 valence electrons. The normalized spacial score (nSPS) is 17.7. The number of halogens is 1. The number of para-hydroxylation sites is 1. The molecule has 4 rings (SSSR count). The van der Waals surface area contributed by atoms with E-state index in [1.54, 1.807) is 6.92 Å². The molecule has 4 amide bonds. The Morgan fingerprint density at radius 2 is 1.64 bits per heavy atom. The van der Waals surface area contributed by atoms with Crippen LogP contribution in [0.1, 0.15) is 25.3 Å². The summed E-state index contributed by atoms with van der Waals surface area (Å²) in [6, 6.07) is 22.1. The van der Waals surface area contributed by atoms with Gasteiger partial charge in [0.25, 0.3) is 5.91 Å². The Morgan fingerprint density at radius 1 is 0.970 bits per heavy atom. The molecule has 0 unspecified atom stereocenters. The number of imide groups is 1. The van der Waals surface area contributed by atoms with Crippen molar-refractivity contribution in [3.8, 4) is 11.1 Å². The first-order chi connectivity index (χ1) is 15.9. The van der Waals surface area contributed by atoms with E-state index in [9.17, 15) is 18.8 Å². The fraction of sp³-hybridized carbons (Fsp3) is 0.192. The molecule has 0 aromatic heterocycles. The van der Waals surface area contributed by atoms with Gasteiger partial charge < -0.3 is 10.6 Å². The first-order valence-electron chi connectivity index (χ1n) is 10.8. The van der Waals surface area contributed by atoms with Crippen molar-refractivity contribution in [1.29, 1.82) is 0 Å². The third-order valence-corrected chi connectivity index (χ3v) is 5.89. The number of hydrogen-bond acceptors (Lipinski definition) is 3. The first kappa shape index (κ1) is 22.2. The lowest BCUT2D eigenvalue weighted by atomic mass is 9.87. The predicted octanol–water partition coefficient (Wildman–Crippen LogP) is 4.68. The highest BCUT2D eigenvalue weighted by molar-refractivity contribution is 6.08. The Hall–Kier alpha value is -4.00. The van der Waals surface area contributed by atoms with Crippen molar-refractivity contribution in [3.05, 3.63) is 90.2 Å². The average molecular weight is 445 g/mol.